The number of benzene rings is 2. The van der Waals surface area contributed by atoms with Gasteiger partial charge in [0.05, 0.1) is 0 Å². The van der Waals surface area contributed by atoms with E-state index >= 15 is 0 Å². The van der Waals surface area contributed by atoms with Crippen LogP contribution in [0.5, 0.6) is 5.75 Å². The number of ether oxygens (including phenoxy) is 1. The number of amides is 1. The van der Waals surface area contributed by atoms with E-state index in [0.29, 0.717) is 23.7 Å². The molecule has 28 heavy (non-hydrogen) atoms. The van der Waals surface area contributed by atoms with E-state index in [1.165, 1.54) is 23.5 Å². The molecule has 6 heteroatoms. The molecular weight excluding hydrogens is 375 g/mol. The van der Waals surface area contributed by atoms with E-state index in [1.807, 2.05) is 32.9 Å². The van der Waals surface area contributed by atoms with Crippen LogP contribution in [0.3, 0.4) is 0 Å². The summed E-state index contributed by atoms with van der Waals surface area (Å²) in [5.74, 6) is 0.218. The Morgan fingerprint density at radius 3 is 2.50 bits per heavy atom. The number of rotatable bonds is 7. The van der Waals surface area contributed by atoms with Gasteiger partial charge in [-0.05, 0) is 61.2 Å². The Bertz CT molecular complexity index is 933. The van der Waals surface area contributed by atoms with Crippen LogP contribution in [0.2, 0.25) is 0 Å². The van der Waals surface area contributed by atoms with Crippen LogP contribution >= 0.6 is 11.3 Å². The number of anilines is 1. The molecule has 1 N–H and O–H groups in total. The van der Waals surface area contributed by atoms with E-state index in [2.05, 4.69) is 16.4 Å². The van der Waals surface area contributed by atoms with Crippen molar-refractivity contribution in [2.24, 2.45) is 0 Å². The molecule has 1 unspecified atom stereocenters. The van der Waals surface area contributed by atoms with Crippen LogP contribution in [0.15, 0.2) is 48.7 Å². The zero-order chi connectivity index (χ0) is 20.1. The van der Waals surface area contributed by atoms with Crippen LogP contribution < -0.4 is 10.1 Å². The third-order valence-electron chi connectivity index (χ3n) is 4.21. The maximum atomic E-state index is 13.0. The standard InChI is InChI=1S/C22H23FN2O2S/c1-4-20(27-18-10-14(2)9-15(3)11-18)21(26)25-22-24-13-19(28-22)12-16-5-7-17(23)8-6-16/h5-11,13,20H,4,12H2,1-3H3,(H,24,25,26). The third kappa shape index (κ3) is 5.39. The summed E-state index contributed by atoms with van der Waals surface area (Å²) in [5.41, 5.74) is 3.18. The van der Waals surface area contributed by atoms with Crippen LogP contribution in [0.4, 0.5) is 9.52 Å². The van der Waals surface area contributed by atoms with Gasteiger partial charge in [-0.2, -0.15) is 0 Å². The molecule has 0 spiro atoms. The van der Waals surface area contributed by atoms with Crippen molar-refractivity contribution in [1.82, 2.24) is 4.98 Å². The van der Waals surface area contributed by atoms with Gasteiger partial charge in [-0.25, -0.2) is 9.37 Å². The summed E-state index contributed by atoms with van der Waals surface area (Å²) >= 11 is 1.41. The van der Waals surface area contributed by atoms with E-state index in [4.69, 9.17) is 4.74 Å². The van der Waals surface area contributed by atoms with Gasteiger partial charge < -0.3 is 4.74 Å². The summed E-state index contributed by atoms with van der Waals surface area (Å²) in [6.07, 6.45) is 2.33. The van der Waals surface area contributed by atoms with Gasteiger partial charge in [0.1, 0.15) is 11.6 Å². The summed E-state index contributed by atoms with van der Waals surface area (Å²) in [6, 6.07) is 12.3. The number of halogens is 1. The molecule has 0 saturated heterocycles. The van der Waals surface area contributed by atoms with Gasteiger partial charge in [0.2, 0.25) is 0 Å². The second-order valence-electron chi connectivity index (χ2n) is 6.76. The molecular formula is C22H23FN2O2S. The van der Waals surface area contributed by atoms with E-state index in [-0.39, 0.29) is 11.7 Å². The number of nitrogens with one attached hydrogen (secondary N) is 1. The lowest BCUT2D eigenvalue weighted by Gasteiger charge is -2.17. The molecule has 146 valence electrons. The van der Waals surface area contributed by atoms with Crippen molar-refractivity contribution in [3.63, 3.8) is 0 Å². The van der Waals surface area contributed by atoms with Crippen LogP contribution in [0.25, 0.3) is 0 Å². The first-order valence-corrected chi connectivity index (χ1v) is 9.99. The van der Waals surface area contributed by atoms with Gasteiger partial charge in [-0.3, -0.25) is 10.1 Å². The fourth-order valence-corrected chi connectivity index (χ4v) is 3.77. The van der Waals surface area contributed by atoms with Crippen LogP contribution in [0, 0.1) is 19.7 Å². The van der Waals surface area contributed by atoms with Gasteiger partial charge in [0.25, 0.3) is 5.91 Å². The quantitative estimate of drug-likeness (QED) is 0.589. The number of thiazole rings is 1. The third-order valence-corrected chi connectivity index (χ3v) is 5.12. The SMILES string of the molecule is CCC(Oc1cc(C)cc(C)c1)C(=O)Nc1ncc(Cc2ccc(F)cc2)s1. The largest absolute Gasteiger partial charge is 0.481 e. The Hall–Kier alpha value is -2.73. The first kappa shape index (κ1) is 20.0. The molecule has 1 aromatic heterocycles. The lowest BCUT2D eigenvalue weighted by Crippen LogP contribution is -2.32. The minimum Gasteiger partial charge on any atom is -0.481 e. The molecule has 1 amide bonds. The predicted octanol–water partition coefficient (Wildman–Crippen LogP) is 5.29. The van der Waals surface area contributed by atoms with Gasteiger partial charge >= 0.3 is 0 Å². The highest BCUT2D eigenvalue weighted by molar-refractivity contribution is 7.15. The monoisotopic (exact) mass is 398 g/mol. The molecule has 2 aromatic carbocycles. The lowest BCUT2D eigenvalue weighted by molar-refractivity contribution is -0.122. The number of hydrogen-bond donors (Lipinski definition) is 1. The van der Waals surface area contributed by atoms with Crippen molar-refractivity contribution in [3.8, 4) is 5.75 Å². The summed E-state index contributed by atoms with van der Waals surface area (Å²) < 4.78 is 18.9. The van der Waals surface area contributed by atoms with Gasteiger partial charge in [-0.1, -0.05) is 25.1 Å². The van der Waals surface area contributed by atoms with Crippen molar-refractivity contribution in [3.05, 3.63) is 76.0 Å². The Labute approximate surface area is 168 Å². The second kappa shape index (κ2) is 8.97. The highest BCUT2D eigenvalue weighted by Gasteiger charge is 2.20. The zero-order valence-corrected chi connectivity index (χ0v) is 17.0. The second-order valence-corrected chi connectivity index (χ2v) is 7.88. The Morgan fingerprint density at radius 2 is 1.86 bits per heavy atom. The molecule has 0 aliphatic carbocycles. The normalized spacial score (nSPS) is 11.9. The molecule has 1 heterocycles. The highest BCUT2D eigenvalue weighted by atomic mass is 32.1. The van der Waals surface area contributed by atoms with Crippen molar-refractivity contribution in [2.45, 2.75) is 39.7 Å². The summed E-state index contributed by atoms with van der Waals surface area (Å²) in [4.78, 5) is 17.9. The molecule has 0 aliphatic rings. The van der Waals surface area contributed by atoms with E-state index in [9.17, 15) is 9.18 Å². The molecule has 0 saturated carbocycles. The number of carbonyl (C=O) groups excluding carboxylic acids is 1. The van der Waals surface area contributed by atoms with Gasteiger partial charge in [0, 0.05) is 17.5 Å². The van der Waals surface area contributed by atoms with Crippen LogP contribution in [0.1, 0.15) is 34.9 Å². The number of nitrogens with zero attached hydrogens (tertiary/aromatic N) is 1. The Kier molecular flexibility index (Phi) is 6.41. The first-order chi connectivity index (χ1) is 13.4. The number of aromatic nitrogens is 1. The first-order valence-electron chi connectivity index (χ1n) is 9.18. The fourth-order valence-electron chi connectivity index (χ4n) is 2.92. The molecule has 0 bridgehead atoms. The van der Waals surface area contributed by atoms with Crippen LogP contribution in [-0.4, -0.2) is 17.0 Å². The van der Waals surface area contributed by atoms with Crippen LogP contribution in [-0.2, 0) is 11.2 Å². The predicted molar refractivity (Wildman–Crippen MR) is 111 cm³/mol. The zero-order valence-electron chi connectivity index (χ0n) is 16.2. The van der Waals surface area contributed by atoms with Gasteiger partial charge in [0.15, 0.2) is 11.2 Å². The molecule has 0 radical (unpaired) electrons. The minimum atomic E-state index is -0.592. The minimum absolute atomic E-state index is 0.218. The average Bonchev–Trinajstić information content (AvgIpc) is 3.07. The highest BCUT2D eigenvalue weighted by Crippen LogP contribution is 2.23. The number of carbonyl (C=O) groups is 1. The summed E-state index contributed by atoms with van der Waals surface area (Å²) in [5, 5.41) is 3.37. The fraction of sp³-hybridized carbons (Fsp3) is 0.273. The summed E-state index contributed by atoms with van der Waals surface area (Å²) in [6.45, 7) is 5.91. The van der Waals surface area contributed by atoms with Crippen molar-refractivity contribution in [2.75, 3.05) is 5.32 Å². The van der Waals surface area contributed by atoms with E-state index in [1.54, 1.807) is 18.3 Å². The number of hydrogen-bond acceptors (Lipinski definition) is 4. The molecule has 3 aromatic rings. The lowest BCUT2D eigenvalue weighted by atomic mass is 10.1. The van der Waals surface area contributed by atoms with Gasteiger partial charge in [-0.15, -0.1) is 11.3 Å². The van der Waals surface area contributed by atoms with Crippen molar-refractivity contribution in [1.29, 1.82) is 0 Å². The Balaban J connectivity index is 1.62. The molecule has 4 nitrogen and oxygen atoms in total. The Morgan fingerprint density at radius 1 is 1.18 bits per heavy atom. The molecule has 3 rings (SSSR count). The van der Waals surface area contributed by atoms with Crippen molar-refractivity contribution >= 4 is 22.4 Å². The van der Waals surface area contributed by atoms with E-state index in [0.717, 1.165) is 21.6 Å². The topological polar surface area (TPSA) is 51.2 Å². The smallest absolute Gasteiger partial charge is 0.267 e. The average molecular weight is 399 g/mol. The van der Waals surface area contributed by atoms with Crippen molar-refractivity contribution < 1.29 is 13.9 Å². The van der Waals surface area contributed by atoms with E-state index < -0.39 is 6.10 Å². The summed E-state index contributed by atoms with van der Waals surface area (Å²) in [7, 11) is 0. The maximum absolute atomic E-state index is 13.0. The molecule has 0 aliphatic heterocycles. The molecule has 1 atom stereocenters. The maximum Gasteiger partial charge on any atom is 0.267 e. The molecule has 0 fully saturated rings. The number of aryl methyl sites for hydroxylation is 2.